The van der Waals surface area contributed by atoms with Crippen molar-refractivity contribution in [1.29, 1.82) is 0 Å². The number of hydrazine groups is 1. The topological polar surface area (TPSA) is 123 Å². The molecule has 3 aromatic carbocycles. The number of rotatable bonds is 5. The van der Waals surface area contributed by atoms with Crippen molar-refractivity contribution in [2.45, 2.75) is 24.8 Å². The predicted octanol–water partition coefficient (Wildman–Crippen LogP) is 2.71. The third-order valence-electron chi connectivity index (χ3n) is 5.29. The molecular formula is C24H23N3O6S. The number of ether oxygens (including phenoxy) is 2. The zero-order valence-corrected chi connectivity index (χ0v) is 19.3. The lowest BCUT2D eigenvalue weighted by atomic mass is 10.1. The first kappa shape index (κ1) is 23.1. The van der Waals surface area contributed by atoms with Crippen LogP contribution in [0.1, 0.15) is 21.5 Å². The first-order valence-electron chi connectivity index (χ1n) is 10.4. The number of hydrogen-bond acceptors (Lipinski definition) is 6. The number of nitrogens with one attached hydrogen (secondary N) is 3. The van der Waals surface area contributed by atoms with Crippen LogP contribution in [0.4, 0.5) is 5.69 Å². The standard InChI is InChI=1S/C24H23N3O6S/c1-15-7-12-19(13-16(15)2)34(30,31)27-18-10-8-17(9-11-18)23(28)25-26-24(29)22-14-32-20-5-3-4-6-21(20)33-22/h3-13,22,27H,14H2,1-2H3,(H,25,28)(H,26,29). The van der Waals surface area contributed by atoms with Gasteiger partial charge in [0.05, 0.1) is 4.90 Å². The van der Waals surface area contributed by atoms with Gasteiger partial charge in [-0.05, 0) is 73.5 Å². The van der Waals surface area contributed by atoms with Crippen molar-refractivity contribution < 1.29 is 27.5 Å². The summed E-state index contributed by atoms with van der Waals surface area (Å²) in [6.45, 7) is 3.75. The monoisotopic (exact) mass is 481 g/mol. The summed E-state index contributed by atoms with van der Waals surface area (Å²) in [6.07, 6.45) is -0.919. The fourth-order valence-corrected chi connectivity index (χ4v) is 4.35. The minimum Gasteiger partial charge on any atom is -0.485 e. The Bertz CT molecular complexity index is 1340. The van der Waals surface area contributed by atoms with Gasteiger partial charge >= 0.3 is 0 Å². The lowest BCUT2D eigenvalue weighted by Crippen LogP contribution is -2.50. The Hall–Kier alpha value is -4.05. The van der Waals surface area contributed by atoms with E-state index in [9.17, 15) is 18.0 Å². The second kappa shape index (κ2) is 9.44. The number of carbonyl (C=O) groups excluding carboxylic acids is 2. The van der Waals surface area contributed by atoms with E-state index < -0.39 is 27.9 Å². The summed E-state index contributed by atoms with van der Waals surface area (Å²) < 4.78 is 38.8. The number of fused-ring (bicyclic) bond motifs is 1. The van der Waals surface area contributed by atoms with E-state index in [-0.39, 0.29) is 17.1 Å². The van der Waals surface area contributed by atoms with E-state index in [1.165, 1.54) is 30.3 Å². The molecule has 10 heteroatoms. The number of hydrogen-bond donors (Lipinski definition) is 3. The van der Waals surface area contributed by atoms with E-state index in [1.54, 1.807) is 36.4 Å². The van der Waals surface area contributed by atoms with Crippen molar-refractivity contribution in [1.82, 2.24) is 10.9 Å². The second-order valence-electron chi connectivity index (χ2n) is 7.74. The molecule has 4 rings (SSSR count). The van der Waals surface area contributed by atoms with E-state index >= 15 is 0 Å². The zero-order valence-electron chi connectivity index (χ0n) is 18.5. The molecular weight excluding hydrogens is 458 g/mol. The highest BCUT2D eigenvalue weighted by Crippen LogP contribution is 2.30. The van der Waals surface area contributed by atoms with Gasteiger partial charge in [0.1, 0.15) is 6.61 Å². The SMILES string of the molecule is Cc1ccc(S(=O)(=O)Nc2ccc(C(=O)NNC(=O)C3COc4ccccc4O3)cc2)cc1C. The maximum Gasteiger partial charge on any atom is 0.283 e. The Kier molecular flexibility index (Phi) is 6.42. The summed E-state index contributed by atoms with van der Waals surface area (Å²) in [6, 6.07) is 17.7. The number of carbonyl (C=O) groups is 2. The van der Waals surface area contributed by atoms with E-state index in [1.807, 2.05) is 13.8 Å². The van der Waals surface area contributed by atoms with Crippen molar-refractivity contribution in [3.63, 3.8) is 0 Å². The van der Waals surface area contributed by atoms with Gasteiger partial charge in [-0.25, -0.2) is 8.42 Å². The second-order valence-corrected chi connectivity index (χ2v) is 9.42. The van der Waals surface area contributed by atoms with Crippen molar-refractivity contribution >= 4 is 27.5 Å². The van der Waals surface area contributed by atoms with Crippen LogP contribution >= 0.6 is 0 Å². The molecule has 34 heavy (non-hydrogen) atoms. The minimum absolute atomic E-state index is 0.00800. The number of benzene rings is 3. The van der Waals surface area contributed by atoms with Crippen LogP contribution in [0.15, 0.2) is 71.6 Å². The molecule has 0 fully saturated rings. The molecule has 176 valence electrons. The van der Waals surface area contributed by atoms with Crippen LogP contribution in [0.2, 0.25) is 0 Å². The van der Waals surface area contributed by atoms with Gasteiger partial charge in [0, 0.05) is 11.3 Å². The molecule has 0 saturated heterocycles. The Morgan fingerprint density at radius 1 is 0.882 bits per heavy atom. The molecule has 3 aromatic rings. The van der Waals surface area contributed by atoms with Crippen molar-refractivity contribution in [3.05, 3.63) is 83.4 Å². The van der Waals surface area contributed by atoms with E-state index in [0.29, 0.717) is 17.2 Å². The molecule has 1 aliphatic rings. The molecule has 0 radical (unpaired) electrons. The molecule has 1 unspecified atom stereocenters. The smallest absolute Gasteiger partial charge is 0.283 e. The Labute approximate surface area is 197 Å². The Morgan fingerprint density at radius 3 is 2.29 bits per heavy atom. The average molecular weight is 482 g/mol. The molecule has 1 aliphatic heterocycles. The lowest BCUT2D eigenvalue weighted by Gasteiger charge is -2.25. The summed E-state index contributed by atoms with van der Waals surface area (Å²) in [5, 5.41) is 0. The first-order valence-corrected chi connectivity index (χ1v) is 11.9. The van der Waals surface area contributed by atoms with E-state index in [2.05, 4.69) is 15.6 Å². The summed E-state index contributed by atoms with van der Waals surface area (Å²) in [7, 11) is -3.77. The molecule has 3 N–H and O–H groups in total. The van der Waals surface area contributed by atoms with Crippen molar-refractivity contribution in [2.24, 2.45) is 0 Å². The van der Waals surface area contributed by atoms with Gasteiger partial charge in [0.15, 0.2) is 11.5 Å². The lowest BCUT2D eigenvalue weighted by molar-refractivity contribution is -0.131. The van der Waals surface area contributed by atoms with Gasteiger partial charge in [-0.3, -0.25) is 25.2 Å². The van der Waals surface area contributed by atoms with Crippen LogP contribution in [0, 0.1) is 13.8 Å². The molecule has 0 spiro atoms. The maximum atomic E-state index is 12.6. The molecule has 0 aromatic heterocycles. The normalized spacial score (nSPS) is 14.7. The number of sulfonamides is 1. The molecule has 2 amide bonds. The Balaban J connectivity index is 1.33. The highest BCUT2D eigenvalue weighted by molar-refractivity contribution is 7.92. The molecule has 0 saturated carbocycles. The molecule has 0 aliphatic carbocycles. The van der Waals surface area contributed by atoms with Gasteiger partial charge in [-0.1, -0.05) is 18.2 Å². The number of aryl methyl sites for hydroxylation is 2. The van der Waals surface area contributed by atoms with Crippen molar-refractivity contribution in [3.8, 4) is 11.5 Å². The average Bonchev–Trinajstić information content (AvgIpc) is 2.83. The maximum absolute atomic E-state index is 12.6. The summed E-state index contributed by atoms with van der Waals surface area (Å²) in [4.78, 5) is 24.9. The predicted molar refractivity (Wildman–Crippen MR) is 125 cm³/mol. The highest BCUT2D eigenvalue weighted by atomic mass is 32.2. The molecule has 1 heterocycles. The van der Waals surface area contributed by atoms with Gasteiger partial charge in [-0.15, -0.1) is 0 Å². The molecule has 9 nitrogen and oxygen atoms in total. The highest BCUT2D eigenvalue weighted by Gasteiger charge is 2.27. The third kappa shape index (κ3) is 5.12. The van der Waals surface area contributed by atoms with Crippen LogP contribution in [-0.4, -0.2) is 32.9 Å². The Morgan fingerprint density at radius 2 is 1.59 bits per heavy atom. The van der Waals surface area contributed by atoms with Gasteiger partial charge < -0.3 is 9.47 Å². The fourth-order valence-electron chi connectivity index (χ4n) is 3.20. The summed E-state index contributed by atoms with van der Waals surface area (Å²) >= 11 is 0. The van der Waals surface area contributed by atoms with Gasteiger partial charge in [-0.2, -0.15) is 0 Å². The molecule has 0 bridgehead atoms. The van der Waals surface area contributed by atoms with Crippen molar-refractivity contribution in [2.75, 3.05) is 11.3 Å². The van der Waals surface area contributed by atoms with Crippen LogP contribution in [0.5, 0.6) is 11.5 Å². The molecule has 1 atom stereocenters. The zero-order chi connectivity index (χ0) is 24.3. The quantitative estimate of drug-likeness (QED) is 0.482. The minimum atomic E-state index is -3.77. The number of anilines is 1. The largest absolute Gasteiger partial charge is 0.485 e. The van der Waals surface area contributed by atoms with E-state index in [0.717, 1.165) is 11.1 Å². The van der Waals surface area contributed by atoms with Crippen LogP contribution in [0.3, 0.4) is 0 Å². The van der Waals surface area contributed by atoms with E-state index in [4.69, 9.17) is 9.47 Å². The summed E-state index contributed by atoms with van der Waals surface area (Å²) in [5.74, 6) is -0.155. The third-order valence-corrected chi connectivity index (χ3v) is 6.67. The van der Waals surface area contributed by atoms with Crippen LogP contribution < -0.4 is 25.0 Å². The first-order chi connectivity index (χ1) is 16.2. The fraction of sp³-hybridized carbons (Fsp3) is 0.167. The summed E-state index contributed by atoms with van der Waals surface area (Å²) in [5.41, 5.74) is 7.00. The number of para-hydroxylation sites is 2. The van der Waals surface area contributed by atoms with Gasteiger partial charge in [0.25, 0.3) is 21.8 Å². The van der Waals surface area contributed by atoms with Crippen LogP contribution in [-0.2, 0) is 14.8 Å². The van der Waals surface area contributed by atoms with Gasteiger partial charge in [0.2, 0.25) is 6.10 Å². The van der Waals surface area contributed by atoms with Crippen LogP contribution in [0.25, 0.3) is 0 Å². The number of amides is 2.